The van der Waals surface area contributed by atoms with Crippen LogP contribution in [0.25, 0.3) is 11.0 Å². The highest BCUT2D eigenvalue weighted by Gasteiger charge is 2.26. The summed E-state index contributed by atoms with van der Waals surface area (Å²) in [6.07, 6.45) is 4.01. The summed E-state index contributed by atoms with van der Waals surface area (Å²) in [6, 6.07) is 10.8. The quantitative estimate of drug-likeness (QED) is 0.321. The standard InChI is InChI=1S/C29H28F2N6O2/c1-17-6-7-19(28(39)35-21-5-3-4-20(15-21)29(2,30)31)14-18(17)8-13-24-25-26(32)33-16-34-27(25)37(36-24)22-9-11-23(38)12-10-22/h3-7,14-16,22-23,38H,9-12H2,1-2H3,(H,35,39)(H2,32,33,34). The van der Waals surface area contributed by atoms with Crippen LogP contribution in [0.15, 0.2) is 48.8 Å². The Balaban J connectivity index is 1.44. The molecule has 0 atom stereocenters. The number of rotatable bonds is 4. The summed E-state index contributed by atoms with van der Waals surface area (Å²) in [5, 5.41) is 17.9. The largest absolute Gasteiger partial charge is 0.393 e. The Kier molecular flexibility index (Phi) is 7.02. The van der Waals surface area contributed by atoms with Crippen LogP contribution in [0.2, 0.25) is 0 Å². The number of aliphatic hydroxyl groups is 1. The van der Waals surface area contributed by atoms with Gasteiger partial charge in [-0.2, -0.15) is 5.10 Å². The number of aliphatic hydroxyl groups excluding tert-OH is 1. The van der Waals surface area contributed by atoms with Gasteiger partial charge in [-0.15, -0.1) is 0 Å². The molecule has 4 N–H and O–H groups in total. The molecule has 200 valence electrons. The van der Waals surface area contributed by atoms with Crippen LogP contribution in [0.3, 0.4) is 0 Å². The maximum atomic E-state index is 13.7. The number of carbonyl (C=O) groups is 1. The number of alkyl halides is 2. The summed E-state index contributed by atoms with van der Waals surface area (Å²) in [6.45, 7) is 2.68. The molecule has 2 heterocycles. The van der Waals surface area contributed by atoms with Crippen LogP contribution >= 0.6 is 0 Å². The van der Waals surface area contributed by atoms with E-state index in [1.165, 1.54) is 24.5 Å². The number of carbonyl (C=O) groups excluding carboxylic acids is 1. The highest BCUT2D eigenvalue weighted by molar-refractivity contribution is 6.04. The van der Waals surface area contributed by atoms with Gasteiger partial charge >= 0.3 is 0 Å². The number of hydrogen-bond donors (Lipinski definition) is 3. The third kappa shape index (κ3) is 5.59. The first-order valence-electron chi connectivity index (χ1n) is 12.7. The van der Waals surface area contributed by atoms with E-state index in [1.807, 2.05) is 11.6 Å². The monoisotopic (exact) mass is 530 g/mol. The number of nitrogens with two attached hydrogens (primary N) is 1. The van der Waals surface area contributed by atoms with Gasteiger partial charge in [0.1, 0.15) is 17.8 Å². The van der Waals surface area contributed by atoms with Gasteiger partial charge < -0.3 is 16.2 Å². The molecule has 0 bridgehead atoms. The van der Waals surface area contributed by atoms with Crippen LogP contribution in [0.4, 0.5) is 20.3 Å². The minimum absolute atomic E-state index is 0.0701. The van der Waals surface area contributed by atoms with Gasteiger partial charge in [0.2, 0.25) is 0 Å². The van der Waals surface area contributed by atoms with Crippen molar-refractivity contribution in [3.05, 3.63) is 76.7 Å². The second-order valence-corrected chi connectivity index (χ2v) is 9.92. The molecule has 1 aliphatic carbocycles. The number of halogens is 2. The number of fused-ring (bicyclic) bond motifs is 1. The number of nitrogens with zero attached hydrogens (tertiary/aromatic N) is 4. The molecule has 0 spiro atoms. The van der Waals surface area contributed by atoms with Gasteiger partial charge in [0, 0.05) is 29.3 Å². The Hall–Kier alpha value is -4.36. The van der Waals surface area contributed by atoms with Crippen molar-refractivity contribution >= 4 is 28.4 Å². The average Bonchev–Trinajstić information content (AvgIpc) is 3.28. The Bertz CT molecular complexity index is 1610. The zero-order valence-electron chi connectivity index (χ0n) is 21.6. The molecular formula is C29H28F2N6O2. The number of nitrogen functional groups attached to an aromatic ring is 1. The molecule has 39 heavy (non-hydrogen) atoms. The molecule has 1 saturated carbocycles. The molecule has 10 heteroatoms. The summed E-state index contributed by atoms with van der Waals surface area (Å²) in [7, 11) is 0. The molecule has 0 radical (unpaired) electrons. The van der Waals surface area contributed by atoms with Gasteiger partial charge in [-0.3, -0.25) is 4.79 Å². The van der Waals surface area contributed by atoms with E-state index in [2.05, 4.69) is 27.1 Å². The van der Waals surface area contributed by atoms with Crippen LogP contribution in [0.5, 0.6) is 0 Å². The Morgan fingerprint density at radius 1 is 1.13 bits per heavy atom. The zero-order chi connectivity index (χ0) is 27.7. The zero-order valence-corrected chi connectivity index (χ0v) is 21.6. The molecule has 2 aromatic carbocycles. The second kappa shape index (κ2) is 10.4. The molecule has 0 saturated heterocycles. The van der Waals surface area contributed by atoms with Crippen LogP contribution in [-0.2, 0) is 5.92 Å². The molecule has 1 amide bonds. The molecule has 2 aromatic heterocycles. The van der Waals surface area contributed by atoms with Crippen LogP contribution in [0, 0.1) is 18.8 Å². The second-order valence-electron chi connectivity index (χ2n) is 9.92. The summed E-state index contributed by atoms with van der Waals surface area (Å²) in [4.78, 5) is 21.4. The Morgan fingerprint density at radius 2 is 1.90 bits per heavy atom. The predicted molar refractivity (Wildman–Crippen MR) is 144 cm³/mol. The first-order chi connectivity index (χ1) is 18.6. The summed E-state index contributed by atoms with van der Waals surface area (Å²) >= 11 is 0. The van der Waals surface area contributed by atoms with Gasteiger partial charge in [-0.25, -0.2) is 23.4 Å². The van der Waals surface area contributed by atoms with Crippen molar-refractivity contribution in [2.75, 3.05) is 11.1 Å². The van der Waals surface area contributed by atoms with Gasteiger partial charge in [0.05, 0.1) is 17.5 Å². The van der Waals surface area contributed by atoms with Gasteiger partial charge in [-0.05, 0) is 68.4 Å². The summed E-state index contributed by atoms with van der Waals surface area (Å²) in [5.41, 5.74) is 9.08. The number of benzene rings is 2. The lowest BCUT2D eigenvalue weighted by atomic mass is 9.93. The average molecular weight is 531 g/mol. The van der Waals surface area contributed by atoms with Crippen LogP contribution in [0.1, 0.15) is 71.4 Å². The lowest BCUT2D eigenvalue weighted by molar-refractivity contribution is 0.0175. The maximum Gasteiger partial charge on any atom is 0.270 e. The van der Waals surface area contributed by atoms with Crippen molar-refractivity contribution in [2.24, 2.45) is 0 Å². The predicted octanol–water partition coefficient (Wildman–Crippen LogP) is 4.96. The van der Waals surface area contributed by atoms with Crippen molar-refractivity contribution in [3.8, 4) is 11.8 Å². The lowest BCUT2D eigenvalue weighted by Crippen LogP contribution is -2.22. The van der Waals surface area contributed by atoms with Gasteiger partial charge in [-0.1, -0.05) is 24.1 Å². The highest BCUT2D eigenvalue weighted by atomic mass is 19.3. The van der Waals surface area contributed by atoms with Crippen LogP contribution < -0.4 is 11.1 Å². The fourth-order valence-electron chi connectivity index (χ4n) is 4.74. The summed E-state index contributed by atoms with van der Waals surface area (Å²) in [5.74, 6) is 3.01. The summed E-state index contributed by atoms with van der Waals surface area (Å²) < 4.78 is 29.2. The van der Waals surface area contributed by atoms with E-state index < -0.39 is 11.8 Å². The Morgan fingerprint density at radius 3 is 2.64 bits per heavy atom. The molecule has 4 aromatic rings. The van der Waals surface area contributed by atoms with Crippen LogP contribution in [-0.4, -0.2) is 36.9 Å². The number of anilines is 2. The fourth-order valence-corrected chi connectivity index (χ4v) is 4.74. The smallest absolute Gasteiger partial charge is 0.270 e. The van der Waals surface area contributed by atoms with E-state index in [0.717, 1.165) is 25.3 Å². The van der Waals surface area contributed by atoms with Crippen molar-refractivity contribution < 1.29 is 18.7 Å². The number of aryl methyl sites for hydroxylation is 1. The molecule has 1 aliphatic rings. The topological polar surface area (TPSA) is 119 Å². The van der Waals surface area contributed by atoms with E-state index in [9.17, 15) is 18.7 Å². The van der Waals surface area contributed by atoms with Crippen molar-refractivity contribution in [2.45, 2.75) is 57.6 Å². The van der Waals surface area contributed by atoms with E-state index in [4.69, 9.17) is 10.8 Å². The number of aromatic nitrogens is 4. The minimum atomic E-state index is -3.02. The van der Waals surface area contributed by atoms with E-state index in [0.29, 0.717) is 40.7 Å². The minimum Gasteiger partial charge on any atom is -0.393 e. The molecular weight excluding hydrogens is 502 g/mol. The Labute approximate surface area is 224 Å². The van der Waals surface area contributed by atoms with E-state index >= 15 is 0 Å². The van der Waals surface area contributed by atoms with E-state index in [1.54, 1.807) is 24.3 Å². The first kappa shape index (κ1) is 26.3. The first-order valence-corrected chi connectivity index (χ1v) is 12.7. The SMILES string of the molecule is Cc1ccc(C(=O)Nc2cccc(C(C)(F)F)c2)cc1C#Cc1nn(C2CCC(O)CC2)c2ncnc(N)c12. The lowest BCUT2D eigenvalue weighted by Gasteiger charge is -2.25. The van der Waals surface area contributed by atoms with Crippen molar-refractivity contribution in [3.63, 3.8) is 0 Å². The maximum absolute atomic E-state index is 13.7. The number of hydrogen-bond acceptors (Lipinski definition) is 6. The van der Waals surface area contributed by atoms with Gasteiger partial charge in [0.15, 0.2) is 5.65 Å². The van der Waals surface area contributed by atoms with Crippen molar-refractivity contribution in [1.29, 1.82) is 0 Å². The number of amides is 1. The number of nitrogens with one attached hydrogen (secondary N) is 1. The molecule has 0 unspecified atom stereocenters. The van der Waals surface area contributed by atoms with Crippen molar-refractivity contribution in [1.82, 2.24) is 19.7 Å². The molecule has 5 rings (SSSR count). The fraction of sp³-hybridized carbons (Fsp3) is 0.310. The van der Waals surface area contributed by atoms with Gasteiger partial charge in [0.25, 0.3) is 11.8 Å². The normalized spacial score (nSPS) is 17.5. The molecule has 0 aliphatic heterocycles. The third-order valence-electron chi connectivity index (χ3n) is 6.97. The highest BCUT2D eigenvalue weighted by Crippen LogP contribution is 2.32. The third-order valence-corrected chi connectivity index (χ3v) is 6.97. The molecule has 8 nitrogen and oxygen atoms in total. The molecule has 1 fully saturated rings. The van der Waals surface area contributed by atoms with E-state index in [-0.39, 0.29) is 29.2 Å².